The van der Waals surface area contributed by atoms with Gasteiger partial charge in [0.05, 0.1) is 18.1 Å². The Hall–Kier alpha value is -2.09. The molecule has 1 aromatic rings. The third kappa shape index (κ3) is 4.35. The summed E-state index contributed by atoms with van der Waals surface area (Å²) < 4.78 is 34.6. The molecule has 0 N–H and O–H groups in total. The summed E-state index contributed by atoms with van der Waals surface area (Å²) in [6.07, 6.45) is 3.01. The molecule has 1 aliphatic heterocycles. The highest BCUT2D eigenvalue weighted by Gasteiger charge is 2.42. The molecule has 1 saturated heterocycles. The highest BCUT2D eigenvalue weighted by molar-refractivity contribution is 7.91. The minimum absolute atomic E-state index is 0.0352. The van der Waals surface area contributed by atoms with Crippen LogP contribution in [-0.2, 0) is 14.6 Å². The molecule has 0 unspecified atom stereocenters. The zero-order valence-electron chi connectivity index (χ0n) is 14.7. The smallest absolute Gasteiger partial charge is 0.261 e. The van der Waals surface area contributed by atoms with E-state index < -0.39 is 9.84 Å². The van der Waals surface area contributed by atoms with Gasteiger partial charge in [0.2, 0.25) is 0 Å². The zero-order valence-corrected chi connectivity index (χ0v) is 15.5. The van der Waals surface area contributed by atoms with E-state index in [2.05, 4.69) is 0 Å². The maximum Gasteiger partial charge on any atom is 0.261 e. The third-order valence-corrected chi connectivity index (χ3v) is 6.34. The normalized spacial score (nSPS) is 21.2. The average Bonchev–Trinajstić information content (AvgIpc) is 3.37. The number of hydrogen-bond acceptors (Lipinski definition) is 6. The van der Waals surface area contributed by atoms with Gasteiger partial charge < -0.3 is 14.4 Å². The van der Waals surface area contributed by atoms with Gasteiger partial charge in [0.1, 0.15) is 6.29 Å². The Labute approximate surface area is 153 Å². The summed E-state index contributed by atoms with van der Waals surface area (Å²) in [5.74, 6) is 0.757. The Morgan fingerprint density at radius 1 is 1.19 bits per heavy atom. The van der Waals surface area contributed by atoms with Gasteiger partial charge in [0.25, 0.3) is 5.91 Å². The van der Waals surface area contributed by atoms with Crippen molar-refractivity contribution in [3.63, 3.8) is 0 Å². The van der Waals surface area contributed by atoms with Crippen LogP contribution in [0.3, 0.4) is 0 Å². The number of aldehydes is 1. The first-order valence-corrected chi connectivity index (χ1v) is 10.6. The van der Waals surface area contributed by atoms with Crippen LogP contribution in [0.4, 0.5) is 0 Å². The maximum absolute atomic E-state index is 12.7. The Balaban J connectivity index is 1.68. The molecule has 1 heterocycles. The fraction of sp³-hybridized carbons (Fsp3) is 0.556. The van der Waals surface area contributed by atoms with Gasteiger partial charge in [-0.05, 0) is 44.4 Å². The number of amides is 1. The molecule has 1 aliphatic carbocycles. The molecule has 1 saturated carbocycles. The lowest BCUT2D eigenvalue weighted by Gasteiger charge is -2.28. The van der Waals surface area contributed by atoms with Gasteiger partial charge >= 0.3 is 0 Å². The van der Waals surface area contributed by atoms with Crippen molar-refractivity contribution in [1.82, 2.24) is 4.90 Å². The first-order chi connectivity index (χ1) is 12.4. The number of ether oxygens (including phenoxy) is 2. The van der Waals surface area contributed by atoms with E-state index in [1.807, 2.05) is 6.92 Å². The molecule has 0 radical (unpaired) electrons. The number of nitrogens with zero attached hydrogens (tertiary/aromatic N) is 1. The Kier molecular flexibility index (Phi) is 5.50. The lowest BCUT2D eigenvalue weighted by Crippen LogP contribution is -2.45. The van der Waals surface area contributed by atoms with Crippen molar-refractivity contribution < 1.29 is 27.5 Å². The largest absolute Gasteiger partial charge is 0.490 e. The fourth-order valence-electron chi connectivity index (χ4n) is 3.25. The predicted molar refractivity (Wildman–Crippen MR) is 95.4 cm³/mol. The molecule has 2 aliphatic rings. The van der Waals surface area contributed by atoms with Crippen molar-refractivity contribution in [3.05, 3.63) is 23.8 Å². The van der Waals surface area contributed by atoms with Crippen molar-refractivity contribution >= 4 is 22.0 Å². The van der Waals surface area contributed by atoms with Crippen LogP contribution < -0.4 is 9.47 Å². The van der Waals surface area contributed by atoms with Crippen LogP contribution in [0.15, 0.2) is 18.2 Å². The Morgan fingerprint density at radius 2 is 1.96 bits per heavy atom. The fourth-order valence-corrected chi connectivity index (χ4v) is 4.96. The molecule has 3 rings (SSSR count). The summed E-state index contributed by atoms with van der Waals surface area (Å²) in [4.78, 5) is 25.3. The average molecular weight is 381 g/mol. The molecule has 0 bridgehead atoms. The second-order valence-corrected chi connectivity index (χ2v) is 8.86. The summed E-state index contributed by atoms with van der Waals surface area (Å²) in [5, 5.41) is 0. The van der Waals surface area contributed by atoms with Crippen molar-refractivity contribution in [1.29, 1.82) is 0 Å². The van der Waals surface area contributed by atoms with Gasteiger partial charge in [0, 0.05) is 17.6 Å². The monoisotopic (exact) mass is 381 g/mol. The van der Waals surface area contributed by atoms with Crippen LogP contribution in [0, 0.1) is 0 Å². The van der Waals surface area contributed by atoms with Crippen LogP contribution >= 0.6 is 0 Å². The first kappa shape index (κ1) is 18.7. The van der Waals surface area contributed by atoms with Crippen LogP contribution in [0.2, 0.25) is 0 Å². The van der Waals surface area contributed by atoms with Crippen LogP contribution in [0.5, 0.6) is 11.5 Å². The van der Waals surface area contributed by atoms with E-state index >= 15 is 0 Å². The van der Waals surface area contributed by atoms with Crippen molar-refractivity contribution in [2.75, 3.05) is 24.7 Å². The highest BCUT2D eigenvalue weighted by atomic mass is 32.2. The number of carbonyl (C=O) groups is 2. The lowest BCUT2D eigenvalue weighted by molar-refractivity contribution is -0.135. The molecule has 1 atom stereocenters. The van der Waals surface area contributed by atoms with Crippen molar-refractivity contribution in [2.45, 2.75) is 38.3 Å². The summed E-state index contributed by atoms with van der Waals surface area (Å²) in [7, 11) is -3.06. The lowest BCUT2D eigenvalue weighted by atomic mass is 10.2. The van der Waals surface area contributed by atoms with E-state index in [-0.39, 0.29) is 36.1 Å². The first-order valence-electron chi connectivity index (χ1n) is 8.80. The van der Waals surface area contributed by atoms with E-state index in [1.165, 1.54) is 0 Å². The van der Waals surface area contributed by atoms with Gasteiger partial charge in [-0.2, -0.15) is 0 Å². The van der Waals surface area contributed by atoms with Crippen molar-refractivity contribution in [3.8, 4) is 11.5 Å². The second-order valence-electron chi connectivity index (χ2n) is 6.63. The SMILES string of the molecule is CCOc1cc(C=O)ccc1OCC(=O)N(C1CC1)[C@@H]1CCS(=O)(=O)C1. The summed E-state index contributed by atoms with van der Waals surface area (Å²) in [6, 6.07) is 4.63. The van der Waals surface area contributed by atoms with Gasteiger partial charge in [0.15, 0.2) is 27.9 Å². The maximum atomic E-state index is 12.7. The third-order valence-electron chi connectivity index (χ3n) is 4.58. The molecule has 1 amide bonds. The number of benzene rings is 1. The second kappa shape index (κ2) is 7.65. The number of rotatable bonds is 8. The van der Waals surface area contributed by atoms with Crippen molar-refractivity contribution in [2.24, 2.45) is 0 Å². The number of carbonyl (C=O) groups excluding carboxylic acids is 2. The molecule has 1 aromatic carbocycles. The van der Waals surface area contributed by atoms with E-state index in [0.29, 0.717) is 36.4 Å². The molecule has 26 heavy (non-hydrogen) atoms. The van der Waals surface area contributed by atoms with Crippen LogP contribution in [0.25, 0.3) is 0 Å². The van der Waals surface area contributed by atoms with Gasteiger partial charge in [-0.15, -0.1) is 0 Å². The number of sulfone groups is 1. The van der Waals surface area contributed by atoms with Crippen LogP contribution in [-0.4, -0.2) is 62.3 Å². The minimum atomic E-state index is -3.06. The quantitative estimate of drug-likeness (QED) is 0.633. The Bertz CT molecular complexity index is 787. The Morgan fingerprint density at radius 3 is 2.54 bits per heavy atom. The standard InChI is InChI=1S/C18H23NO6S/c1-2-24-17-9-13(10-20)3-6-16(17)25-11-18(21)19(14-4-5-14)15-7-8-26(22,23)12-15/h3,6,9-10,14-15H,2,4-5,7-8,11-12H2,1H3/t15-/m1/s1. The predicted octanol–water partition coefficient (Wildman–Crippen LogP) is 1.45. The number of hydrogen-bond donors (Lipinski definition) is 0. The summed E-state index contributed by atoms with van der Waals surface area (Å²) in [6.45, 7) is 2.03. The molecule has 2 fully saturated rings. The van der Waals surface area contributed by atoms with Gasteiger partial charge in [-0.25, -0.2) is 8.42 Å². The molecular weight excluding hydrogens is 358 g/mol. The molecule has 0 spiro atoms. The summed E-state index contributed by atoms with van der Waals surface area (Å²) >= 11 is 0. The highest BCUT2D eigenvalue weighted by Crippen LogP contribution is 2.33. The molecule has 8 heteroatoms. The van der Waals surface area contributed by atoms with Gasteiger partial charge in [-0.3, -0.25) is 9.59 Å². The van der Waals surface area contributed by atoms with Gasteiger partial charge in [-0.1, -0.05) is 0 Å². The van der Waals surface area contributed by atoms with Crippen LogP contribution in [0.1, 0.15) is 36.5 Å². The zero-order chi connectivity index (χ0) is 18.7. The minimum Gasteiger partial charge on any atom is -0.490 e. The molecule has 7 nitrogen and oxygen atoms in total. The molecule has 142 valence electrons. The van der Waals surface area contributed by atoms with E-state index in [9.17, 15) is 18.0 Å². The van der Waals surface area contributed by atoms with E-state index in [0.717, 1.165) is 12.8 Å². The van der Waals surface area contributed by atoms with E-state index in [1.54, 1.807) is 23.1 Å². The topological polar surface area (TPSA) is 90.0 Å². The molecule has 0 aromatic heterocycles. The van der Waals surface area contributed by atoms with E-state index in [4.69, 9.17) is 9.47 Å². The molecular formula is C18H23NO6S. The summed E-state index contributed by atoms with van der Waals surface area (Å²) in [5.41, 5.74) is 0.461.